The molecule has 0 bridgehead atoms. The van der Waals surface area contributed by atoms with E-state index in [1.165, 1.54) is 30.5 Å². The third kappa shape index (κ3) is 4.00. The molecule has 0 fully saturated rings. The third-order valence-corrected chi connectivity index (χ3v) is 3.93. The van der Waals surface area contributed by atoms with E-state index in [1.54, 1.807) is 6.07 Å². The van der Waals surface area contributed by atoms with Crippen molar-refractivity contribution in [3.8, 4) is 11.5 Å². The number of nitrogens with zero attached hydrogens (tertiary/aromatic N) is 1. The summed E-state index contributed by atoms with van der Waals surface area (Å²) >= 11 is 12.2. The number of amides is 1. The number of hydrogen-bond donors (Lipinski definition) is 3. The molecule has 0 aliphatic heterocycles. The van der Waals surface area contributed by atoms with E-state index in [-0.39, 0.29) is 17.1 Å². The Labute approximate surface area is 147 Å². The normalized spacial score (nSPS) is 10.9. The fourth-order valence-corrected chi connectivity index (χ4v) is 2.99. The van der Waals surface area contributed by atoms with Crippen molar-refractivity contribution in [1.82, 2.24) is 5.43 Å². The monoisotopic (exact) mass is 446 g/mol. The maximum Gasteiger partial charge on any atom is 0.275 e. The first-order valence-corrected chi connectivity index (χ1v) is 7.85. The molecule has 114 valence electrons. The Kier molecular flexibility index (Phi) is 5.44. The Hall–Kier alpha value is -1.57. The van der Waals surface area contributed by atoms with Crippen LogP contribution in [0.15, 0.2) is 44.4 Å². The minimum Gasteiger partial charge on any atom is -0.507 e. The maximum absolute atomic E-state index is 12.0. The molecular formula is C14H9Br2ClN2O3. The van der Waals surface area contributed by atoms with Crippen molar-refractivity contribution in [2.24, 2.45) is 5.10 Å². The van der Waals surface area contributed by atoms with Crippen LogP contribution in [0, 0.1) is 0 Å². The molecule has 0 saturated carbocycles. The van der Waals surface area contributed by atoms with Crippen LogP contribution in [0.5, 0.6) is 11.5 Å². The standard InChI is InChI=1S/C14H9Br2ClN2O3/c15-8-4-10(13(21)11(16)5-8)14(22)19-18-6-7-3-9(17)1-2-12(7)20/h1-6,20-21H,(H,19,22)/b18-6-. The van der Waals surface area contributed by atoms with E-state index >= 15 is 0 Å². The number of rotatable bonds is 3. The Morgan fingerprint density at radius 3 is 2.68 bits per heavy atom. The van der Waals surface area contributed by atoms with Crippen molar-refractivity contribution in [3.05, 3.63) is 55.4 Å². The Morgan fingerprint density at radius 1 is 1.23 bits per heavy atom. The number of phenols is 2. The average Bonchev–Trinajstić information content (AvgIpc) is 2.46. The fraction of sp³-hybridized carbons (Fsp3) is 0. The molecule has 0 aromatic heterocycles. The summed E-state index contributed by atoms with van der Waals surface area (Å²) in [5, 5.41) is 23.6. The Balaban J connectivity index is 2.16. The van der Waals surface area contributed by atoms with E-state index in [2.05, 4.69) is 42.4 Å². The molecule has 5 nitrogen and oxygen atoms in total. The van der Waals surface area contributed by atoms with Gasteiger partial charge in [0.15, 0.2) is 0 Å². The van der Waals surface area contributed by atoms with Gasteiger partial charge in [-0.25, -0.2) is 5.43 Å². The third-order valence-electron chi connectivity index (χ3n) is 2.63. The van der Waals surface area contributed by atoms with Gasteiger partial charge in [0.05, 0.1) is 16.3 Å². The summed E-state index contributed by atoms with van der Waals surface area (Å²) in [7, 11) is 0. The quantitative estimate of drug-likeness (QED) is 0.490. The van der Waals surface area contributed by atoms with Crippen molar-refractivity contribution in [1.29, 1.82) is 0 Å². The van der Waals surface area contributed by atoms with Crippen LogP contribution in [-0.2, 0) is 0 Å². The highest BCUT2D eigenvalue weighted by atomic mass is 79.9. The molecule has 0 unspecified atom stereocenters. The second-order valence-corrected chi connectivity index (χ2v) is 6.39. The van der Waals surface area contributed by atoms with Crippen LogP contribution in [-0.4, -0.2) is 22.3 Å². The highest BCUT2D eigenvalue weighted by Gasteiger charge is 2.14. The molecular weight excluding hydrogens is 439 g/mol. The maximum atomic E-state index is 12.0. The number of nitrogens with one attached hydrogen (secondary N) is 1. The number of carbonyl (C=O) groups excluding carboxylic acids is 1. The summed E-state index contributed by atoms with van der Waals surface area (Å²) in [6.07, 6.45) is 1.25. The molecule has 0 radical (unpaired) electrons. The average molecular weight is 448 g/mol. The van der Waals surface area contributed by atoms with Crippen LogP contribution in [0.25, 0.3) is 0 Å². The fourth-order valence-electron chi connectivity index (χ4n) is 1.59. The van der Waals surface area contributed by atoms with E-state index in [9.17, 15) is 15.0 Å². The summed E-state index contributed by atoms with van der Waals surface area (Å²) in [5.74, 6) is -0.811. The first-order valence-electron chi connectivity index (χ1n) is 5.88. The summed E-state index contributed by atoms with van der Waals surface area (Å²) in [6, 6.07) is 7.52. The van der Waals surface area contributed by atoms with Gasteiger partial charge in [-0.1, -0.05) is 27.5 Å². The van der Waals surface area contributed by atoms with Crippen LogP contribution >= 0.6 is 43.5 Å². The summed E-state index contributed by atoms with van der Waals surface area (Å²) in [4.78, 5) is 12.0. The highest BCUT2D eigenvalue weighted by Crippen LogP contribution is 2.31. The zero-order valence-electron chi connectivity index (χ0n) is 10.8. The molecule has 2 rings (SSSR count). The van der Waals surface area contributed by atoms with Gasteiger partial charge in [0.2, 0.25) is 0 Å². The van der Waals surface area contributed by atoms with E-state index < -0.39 is 5.91 Å². The van der Waals surface area contributed by atoms with Crippen LogP contribution in [0.4, 0.5) is 0 Å². The van der Waals surface area contributed by atoms with Crippen molar-refractivity contribution < 1.29 is 15.0 Å². The molecule has 3 N–H and O–H groups in total. The minimum absolute atomic E-state index is 0.0181. The molecule has 0 aliphatic rings. The smallest absolute Gasteiger partial charge is 0.275 e. The number of hydrogen-bond acceptors (Lipinski definition) is 4. The SMILES string of the molecule is O=C(N/N=C\c1cc(Cl)ccc1O)c1cc(Br)cc(Br)c1O. The van der Waals surface area contributed by atoms with Crippen molar-refractivity contribution >= 4 is 55.6 Å². The second kappa shape index (κ2) is 7.13. The lowest BCUT2D eigenvalue weighted by Gasteiger charge is -2.06. The number of aromatic hydroxyl groups is 2. The summed E-state index contributed by atoms with van der Waals surface area (Å²) in [5.41, 5.74) is 2.67. The zero-order chi connectivity index (χ0) is 16.3. The van der Waals surface area contributed by atoms with Crippen molar-refractivity contribution in [3.63, 3.8) is 0 Å². The lowest BCUT2D eigenvalue weighted by atomic mass is 10.2. The molecule has 0 aliphatic carbocycles. The number of carbonyl (C=O) groups is 1. The predicted molar refractivity (Wildman–Crippen MR) is 91.7 cm³/mol. The van der Waals surface area contributed by atoms with Crippen LogP contribution < -0.4 is 5.43 Å². The number of halogens is 3. The molecule has 2 aromatic rings. The van der Waals surface area contributed by atoms with Gasteiger partial charge in [-0.2, -0.15) is 5.10 Å². The number of benzene rings is 2. The van der Waals surface area contributed by atoms with Crippen LogP contribution in [0.3, 0.4) is 0 Å². The Bertz CT molecular complexity index is 766. The molecule has 1 amide bonds. The zero-order valence-corrected chi connectivity index (χ0v) is 14.8. The predicted octanol–water partition coefficient (Wildman–Crippen LogP) is 4.04. The molecule has 0 atom stereocenters. The number of hydrazone groups is 1. The second-order valence-electron chi connectivity index (χ2n) is 4.19. The lowest BCUT2D eigenvalue weighted by Crippen LogP contribution is -2.18. The van der Waals surface area contributed by atoms with Gasteiger partial charge in [-0.15, -0.1) is 0 Å². The lowest BCUT2D eigenvalue weighted by molar-refractivity contribution is 0.0952. The first-order chi connectivity index (χ1) is 10.4. The first kappa shape index (κ1) is 16.8. The molecule has 0 spiro atoms. The van der Waals surface area contributed by atoms with Gasteiger partial charge in [0, 0.05) is 15.1 Å². The molecule has 0 saturated heterocycles. The van der Waals surface area contributed by atoms with Gasteiger partial charge < -0.3 is 10.2 Å². The van der Waals surface area contributed by atoms with E-state index in [4.69, 9.17) is 11.6 Å². The van der Waals surface area contributed by atoms with Crippen LogP contribution in [0.1, 0.15) is 15.9 Å². The summed E-state index contributed by atoms with van der Waals surface area (Å²) in [6.45, 7) is 0. The van der Waals surface area contributed by atoms with Gasteiger partial charge >= 0.3 is 0 Å². The number of phenolic OH excluding ortho intramolecular Hbond substituents is 2. The summed E-state index contributed by atoms with van der Waals surface area (Å²) < 4.78 is 1.00. The van der Waals surface area contributed by atoms with Crippen molar-refractivity contribution in [2.45, 2.75) is 0 Å². The van der Waals surface area contributed by atoms with Gasteiger partial charge in [0.25, 0.3) is 5.91 Å². The molecule has 22 heavy (non-hydrogen) atoms. The molecule has 2 aromatic carbocycles. The van der Waals surface area contributed by atoms with E-state index in [0.717, 1.165) is 0 Å². The minimum atomic E-state index is -0.600. The van der Waals surface area contributed by atoms with Crippen LogP contribution in [0.2, 0.25) is 5.02 Å². The molecule has 0 heterocycles. The topological polar surface area (TPSA) is 81.9 Å². The van der Waals surface area contributed by atoms with Gasteiger partial charge in [0.1, 0.15) is 11.5 Å². The van der Waals surface area contributed by atoms with Gasteiger partial charge in [-0.3, -0.25) is 4.79 Å². The van der Waals surface area contributed by atoms with E-state index in [1.807, 2.05) is 0 Å². The van der Waals surface area contributed by atoms with E-state index in [0.29, 0.717) is 19.5 Å². The van der Waals surface area contributed by atoms with Crippen molar-refractivity contribution in [2.75, 3.05) is 0 Å². The largest absolute Gasteiger partial charge is 0.507 e. The van der Waals surface area contributed by atoms with Gasteiger partial charge in [-0.05, 0) is 46.3 Å². The molecule has 8 heteroatoms. The Morgan fingerprint density at radius 2 is 1.95 bits per heavy atom. The highest BCUT2D eigenvalue weighted by molar-refractivity contribution is 9.11.